The molecule has 0 aromatic heterocycles. The summed E-state index contributed by atoms with van der Waals surface area (Å²) in [4.78, 5) is 72.3. The summed E-state index contributed by atoms with van der Waals surface area (Å²) in [5.74, 6) is 0.730. The number of hydrogen-bond donors (Lipinski definition) is 3. The molecule has 0 saturated carbocycles. The number of hydrogen-bond acceptors (Lipinski definition) is 15. The van der Waals surface area contributed by atoms with Crippen LogP contribution < -0.4 is 0 Å². The Labute approximate surface area is 524 Å². The van der Waals surface area contributed by atoms with Crippen LogP contribution in [0.5, 0.6) is 0 Å². The van der Waals surface area contributed by atoms with E-state index in [0.29, 0.717) is 37.5 Å². The second-order valence-electron chi connectivity index (χ2n) is 26.1. The normalized spacial score (nSPS) is 14.4. The quantitative estimate of drug-likeness (QED) is 0.0222. The fourth-order valence-electron chi connectivity index (χ4n) is 9.96. The lowest BCUT2D eigenvalue weighted by atomic mass is 10.0. The van der Waals surface area contributed by atoms with Gasteiger partial charge < -0.3 is 33.8 Å². The second-order valence-corrected chi connectivity index (χ2v) is 29.0. The molecule has 0 radical (unpaired) electrons. The van der Waals surface area contributed by atoms with Gasteiger partial charge in [0.15, 0.2) is 12.2 Å². The minimum absolute atomic E-state index is 0.101. The Balaban J connectivity index is 5.20. The molecule has 0 fully saturated rings. The third kappa shape index (κ3) is 60.9. The number of phosphoric ester groups is 2. The molecule has 0 aliphatic rings. The third-order valence-corrected chi connectivity index (χ3v) is 17.2. The van der Waals surface area contributed by atoms with Crippen LogP contribution in [0.15, 0.2) is 0 Å². The van der Waals surface area contributed by atoms with Gasteiger partial charge in [-0.3, -0.25) is 37.3 Å². The van der Waals surface area contributed by atoms with Crippen LogP contribution >= 0.6 is 15.6 Å². The molecule has 0 heterocycles. The first kappa shape index (κ1) is 84.1. The van der Waals surface area contributed by atoms with Gasteiger partial charge in [0.1, 0.15) is 19.3 Å². The minimum atomic E-state index is -4.95. The molecule has 0 aromatic rings. The van der Waals surface area contributed by atoms with Crippen LogP contribution in [0.1, 0.15) is 325 Å². The molecule has 17 nitrogen and oxygen atoms in total. The zero-order valence-corrected chi connectivity index (χ0v) is 57.7. The molecule has 3 unspecified atom stereocenters. The summed E-state index contributed by atoms with van der Waals surface area (Å²) in [6, 6.07) is 0. The first-order valence-corrected chi connectivity index (χ1v) is 37.7. The number of unbranched alkanes of at least 4 members (excludes halogenated alkanes) is 30. The molecule has 0 aliphatic carbocycles. The smallest absolute Gasteiger partial charge is 0.462 e. The minimum Gasteiger partial charge on any atom is -0.462 e. The fraction of sp³-hybridized carbons (Fsp3) is 0.940. The molecule has 0 rings (SSSR count). The van der Waals surface area contributed by atoms with Crippen molar-refractivity contribution in [2.24, 2.45) is 23.7 Å². The maximum absolute atomic E-state index is 13.0. The van der Waals surface area contributed by atoms with Crippen molar-refractivity contribution in [2.75, 3.05) is 39.6 Å². The molecule has 0 aromatic carbocycles. The predicted molar refractivity (Wildman–Crippen MR) is 344 cm³/mol. The highest BCUT2D eigenvalue weighted by molar-refractivity contribution is 7.47. The van der Waals surface area contributed by atoms with Crippen molar-refractivity contribution in [2.45, 2.75) is 343 Å². The van der Waals surface area contributed by atoms with Gasteiger partial charge in [-0.2, -0.15) is 0 Å². The second kappa shape index (κ2) is 57.0. The van der Waals surface area contributed by atoms with Crippen molar-refractivity contribution >= 4 is 39.5 Å². The van der Waals surface area contributed by atoms with Crippen molar-refractivity contribution in [1.29, 1.82) is 0 Å². The van der Waals surface area contributed by atoms with Gasteiger partial charge in [-0.05, 0) is 49.4 Å². The average molecular weight is 1270 g/mol. The molecule has 86 heavy (non-hydrogen) atoms. The van der Waals surface area contributed by atoms with E-state index in [1.165, 1.54) is 122 Å². The number of rotatable bonds is 64. The summed E-state index contributed by atoms with van der Waals surface area (Å²) in [5, 5.41) is 10.5. The van der Waals surface area contributed by atoms with E-state index in [-0.39, 0.29) is 25.7 Å². The molecule has 3 N–H and O–H groups in total. The molecule has 0 aliphatic heterocycles. The van der Waals surface area contributed by atoms with Crippen molar-refractivity contribution in [3.05, 3.63) is 0 Å². The Bertz CT molecular complexity index is 1710. The van der Waals surface area contributed by atoms with Gasteiger partial charge in [0.25, 0.3) is 0 Å². The number of carbonyl (C=O) groups is 4. The highest BCUT2D eigenvalue weighted by atomic mass is 31.2. The van der Waals surface area contributed by atoms with Crippen molar-refractivity contribution in [3.63, 3.8) is 0 Å². The van der Waals surface area contributed by atoms with Gasteiger partial charge >= 0.3 is 39.5 Å². The largest absolute Gasteiger partial charge is 0.472 e. The number of esters is 4. The molecule has 0 amide bonds. The van der Waals surface area contributed by atoms with E-state index in [9.17, 15) is 43.2 Å². The lowest BCUT2D eigenvalue weighted by molar-refractivity contribution is -0.161. The van der Waals surface area contributed by atoms with E-state index in [0.717, 1.165) is 108 Å². The molecule has 0 saturated heterocycles. The van der Waals surface area contributed by atoms with Gasteiger partial charge in [0, 0.05) is 25.7 Å². The zero-order valence-electron chi connectivity index (χ0n) is 55.9. The van der Waals surface area contributed by atoms with Crippen LogP contribution in [-0.4, -0.2) is 96.7 Å². The van der Waals surface area contributed by atoms with Gasteiger partial charge in [-0.15, -0.1) is 0 Å². The summed E-state index contributed by atoms with van der Waals surface area (Å²) in [5.41, 5.74) is 0. The topological polar surface area (TPSA) is 237 Å². The van der Waals surface area contributed by atoms with E-state index in [2.05, 4.69) is 55.4 Å². The molecular weight excluding hydrogens is 1140 g/mol. The van der Waals surface area contributed by atoms with Crippen molar-refractivity contribution in [1.82, 2.24) is 0 Å². The first-order chi connectivity index (χ1) is 41.1. The molecular formula is C67H130O17P2. The van der Waals surface area contributed by atoms with E-state index < -0.39 is 97.5 Å². The van der Waals surface area contributed by atoms with Crippen molar-refractivity contribution in [3.8, 4) is 0 Å². The maximum atomic E-state index is 13.0. The Morgan fingerprint density at radius 1 is 0.291 bits per heavy atom. The van der Waals surface area contributed by atoms with Crippen LogP contribution in [-0.2, 0) is 65.4 Å². The Kier molecular flexibility index (Phi) is 55.7. The highest BCUT2D eigenvalue weighted by Gasteiger charge is 2.30. The molecule has 19 heteroatoms. The number of ether oxygens (including phenoxy) is 4. The Morgan fingerprint density at radius 2 is 0.488 bits per heavy atom. The molecule has 5 atom stereocenters. The van der Waals surface area contributed by atoms with Gasteiger partial charge in [-0.25, -0.2) is 9.13 Å². The molecule has 510 valence electrons. The lowest BCUT2D eigenvalue weighted by Gasteiger charge is -2.21. The number of phosphoric acid groups is 2. The van der Waals surface area contributed by atoms with Crippen LogP contribution in [0, 0.1) is 23.7 Å². The van der Waals surface area contributed by atoms with Gasteiger partial charge in [-0.1, -0.05) is 274 Å². The first-order valence-electron chi connectivity index (χ1n) is 34.7. The summed E-state index contributed by atoms with van der Waals surface area (Å²) < 4.78 is 68.1. The standard InChI is InChI=1S/C67H130O17P2/c1-57(2)43-35-27-19-15-13-11-9-10-12-14-16-22-33-41-49-66(71)83-62(54-78-65(70)48-40-32-25-23-29-37-45-59(5)6)55-81-85(73,74)79-51-61(68)52-80-86(75,76)82-56-63(84-67(72)50-42-34-26-24-30-38-46-60(7)8)53-77-64(69)47-39-31-21-18-17-20-28-36-44-58(3)4/h57-63,68H,9-56H2,1-8H3,(H,73,74)(H,75,76)/t61?,62-,63-/m1/s1. The summed E-state index contributed by atoms with van der Waals surface area (Å²) >= 11 is 0. The Hall–Kier alpha value is -1.94. The van der Waals surface area contributed by atoms with Crippen LogP contribution in [0.2, 0.25) is 0 Å². The highest BCUT2D eigenvalue weighted by Crippen LogP contribution is 2.45. The fourth-order valence-corrected chi connectivity index (χ4v) is 11.5. The van der Waals surface area contributed by atoms with Gasteiger partial charge in [0.05, 0.1) is 26.4 Å². The van der Waals surface area contributed by atoms with Crippen LogP contribution in [0.4, 0.5) is 0 Å². The lowest BCUT2D eigenvalue weighted by Crippen LogP contribution is -2.30. The van der Waals surface area contributed by atoms with Crippen molar-refractivity contribution < 1.29 is 80.2 Å². The average Bonchev–Trinajstić information content (AvgIpc) is 3.67. The summed E-state index contributed by atoms with van der Waals surface area (Å²) in [6.45, 7) is 13.9. The van der Waals surface area contributed by atoms with E-state index in [1.807, 2.05) is 0 Å². The monoisotopic (exact) mass is 1270 g/mol. The van der Waals surface area contributed by atoms with Crippen LogP contribution in [0.3, 0.4) is 0 Å². The maximum Gasteiger partial charge on any atom is 0.472 e. The van der Waals surface area contributed by atoms with E-state index >= 15 is 0 Å². The third-order valence-electron chi connectivity index (χ3n) is 15.3. The zero-order chi connectivity index (χ0) is 63.9. The SMILES string of the molecule is CC(C)CCCCCCCCCCCCCCCCC(=O)O[C@H](COC(=O)CCCCCCCCC(C)C)COP(=O)(O)OCC(O)COP(=O)(O)OC[C@@H](COC(=O)CCCCCCCCCCC(C)C)OC(=O)CCCCCCCCC(C)C. The predicted octanol–water partition coefficient (Wildman–Crippen LogP) is 18.5. The number of carbonyl (C=O) groups excluding carboxylic acids is 4. The summed E-state index contributed by atoms with van der Waals surface area (Å²) in [7, 11) is -9.89. The molecule has 0 spiro atoms. The van der Waals surface area contributed by atoms with Gasteiger partial charge in [0.2, 0.25) is 0 Å². The van der Waals surface area contributed by atoms with E-state index in [4.69, 9.17) is 37.0 Å². The van der Waals surface area contributed by atoms with Crippen LogP contribution in [0.25, 0.3) is 0 Å². The number of aliphatic hydroxyl groups is 1. The van der Waals surface area contributed by atoms with E-state index in [1.54, 1.807) is 0 Å². The number of aliphatic hydroxyl groups excluding tert-OH is 1. The summed E-state index contributed by atoms with van der Waals surface area (Å²) in [6.07, 6.45) is 38.0. The Morgan fingerprint density at radius 3 is 0.721 bits per heavy atom. The molecule has 0 bridgehead atoms.